The predicted molar refractivity (Wildman–Crippen MR) is 124 cm³/mol. The van der Waals surface area contributed by atoms with E-state index in [0.717, 1.165) is 17.0 Å². The molecule has 1 unspecified atom stereocenters. The number of methoxy groups -OCH3 is 2. The highest BCUT2D eigenvalue weighted by atomic mass is 16.5. The molecule has 0 radical (unpaired) electrons. The normalized spacial score (nSPS) is 14.8. The summed E-state index contributed by atoms with van der Waals surface area (Å²) in [5.41, 5.74) is 8.97. The molecular weight excluding hydrogens is 418 g/mol. The largest absolute Gasteiger partial charge is 0.497 e. The van der Waals surface area contributed by atoms with Gasteiger partial charge in [0.05, 0.1) is 25.7 Å². The van der Waals surface area contributed by atoms with Crippen LogP contribution in [0.15, 0.2) is 70.8 Å². The van der Waals surface area contributed by atoms with Crippen molar-refractivity contribution >= 4 is 0 Å². The first-order chi connectivity index (χ1) is 16.0. The van der Waals surface area contributed by atoms with Crippen LogP contribution in [0.1, 0.15) is 28.3 Å². The first kappa shape index (κ1) is 22.0. The van der Waals surface area contributed by atoms with Gasteiger partial charge in [0.15, 0.2) is 0 Å². The predicted octanol–water partition coefficient (Wildman–Crippen LogP) is 3.63. The molecule has 0 bridgehead atoms. The summed E-state index contributed by atoms with van der Waals surface area (Å²) >= 11 is 0. The number of para-hydroxylation sites is 1. The van der Waals surface area contributed by atoms with Gasteiger partial charge in [-0.1, -0.05) is 30.3 Å². The van der Waals surface area contributed by atoms with Crippen molar-refractivity contribution in [3.63, 3.8) is 0 Å². The number of aromatic nitrogens is 1. The summed E-state index contributed by atoms with van der Waals surface area (Å²) < 4.78 is 18.2. The first-order valence-electron chi connectivity index (χ1n) is 10.6. The Kier molecular flexibility index (Phi) is 6.09. The highest BCUT2D eigenvalue weighted by Crippen LogP contribution is 2.43. The van der Waals surface area contributed by atoms with Gasteiger partial charge in [-0.2, -0.15) is 5.26 Å². The Morgan fingerprint density at radius 2 is 1.85 bits per heavy atom. The Morgan fingerprint density at radius 3 is 2.52 bits per heavy atom. The van der Waals surface area contributed by atoms with Gasteiger partial charge in [-0.15, -0.1) is 0 Å². The lowest BCUT2D eigenvalue weighted by Crippen LogP contribution is -2.33. The molecule has 2 aromatic carbocycles. The molecule has 168 valence electrons. The van der Waals surface area contributed by atoms with Gasteiger partial charge < -0.3 is 24.5 Å². The number of fused-ring (bicyclic) bond motifs is 1. The van der Waals surface area contributed by atoms with Gasteiger partial charge in [0, 0.05) is 23.9 Å². The summed E-state index contributed by atoms with van der Waals surface area (Å²) in [7, 11) is 3.18. The molecule has 1 atom stereocenters. The first-order valence-corrected chi connectivity index (χ1v) is 10.6. The molecule has 0 saturated heterocycles. The van der Waals surface area contributed by atoms with Crippen molar-refractivity contribution in [1.29, 1.82) is 5.26 Å². The maximum absolute atomic E-state index is 13.8. The van der Waals surface area contributed by atoms with Crippen molar-refractivity contribution in [3.8, 4) is 23.3 Å². The molecule has 1 aromatic heterocycles. The number of rotatable bonds is 6. The molecule has 0 amide bonds. The second-order valence-corrected chi connectivity index (χ2v) is 7.79. The number of nitriles is 1. The van der Waals surface area contributed by atoms with Crippen LogP contribution < -0.4 is 25.5 Å². The smallest absolute Gasteiger partial charge is 0.258 e. The molecule has 2 heterocycles. The van der Waals surface area contributed by atoms with Crippen LogP contribution in [0.25, 0.3) is 0 Å². The van der Waals surface area contributed by atoms with Crippen LogP contribution in [-0.2, 0) is 13.0 Å². The van der Waals surface area contributed by atoms with Gasteiger partial charge in [0.1, 0.15) is 28.9 Å². The Labute approximate surface area is 192 Å². The van der Waals surface area contributed by atoms with Crippen LogP contribution in [0.5, 0.6) is 17.2 Å². The van der Waals surface area contributed by atoms with Gasteiger partial charge in [-0.05, 0) is 37.1 Å². The third-order valence-corrected chi connectivity index (χ3v) is 5.92. The molecule has 0 spiro atoms. The van der Waals surface area contributed by atoms with Crippen LogP contribution in [0.4, 0.5) is 0 Å². The Bertz CT molecular complexity index is 1320. The number of hydrogen-bond donors (Lipinski definition) is 1. The third-order valence-electron chi connectivity index (χ3n) is 5.92. The summed E-state index contributed by atoms with van der Waals surface area (Å²) in [6.07, 6.45) is 0.660. The lowest BCUT2D eigenvalue weighted by atomic mass is 9.83. The van der Waals surface area contributed by atoms with Gasteiger partial charge in [-0.3, -0.25) is 4.79 Å². The number of allylic oxidation sites excluding steroid dienone is 1. The fourth-order valence-corrected chi connectivity index (χ4v) is 4.21. The maximum Gasteiger partial charge on any atom is 0.258 e. The number of pyridine rings is 1. The van der Waals surface area contributed by atoms with E-state index >= 15 is 0 Å². The Balaban J connectivity index is 1.81. The summed E-state index contributed by atoms with van der Waals surface area (Å²) in [5.74, 6) is 1.03. The molecule has 4 rings (SSSR count). The third kappa shape index (κ3) is 4.03. The minimum atomic E-state index is -0.685. The highest BCUT2D eigenvalue weighted by molar-refractivity contribution is 5.58. The summed E-state index contributed by atoms with van der Waals surface area (Å²) in [4.78, 5) is 13.8. The molecule has 0 aliphatic carbocycles. The number of ether oxygens (including phenoxy) is 3. The molecule has 2 N–H and O–H groups in total. The van der Waals surface area contributed by atoms with Crippen LogP contribution in [0.3, 0.4) is 0 Å². The van der Waals surface area contributed by atoms with Gasteiger partial charge in [0.2, 0.25) is 5.88 Å². The van der Waals surface area contributed by atoms with E-state index in [1.165, 1.54) is 0 Å². The molecule has 1 aliphatic heterocycles. The fraction of sp³-hybridized carbons (Fsp3) is 0.231. The minimum absolute atomic E-state index is 0.00399. The zero-order chi connectivity index (χ0) is 23.5. The van der Waals surface area contributed by atoms with E-state index in [1.54, 1.807) is 30.9 Å². The van der Waals surface area contributed by atoms with Crippen molar-refractivity contribution < 1.29 is 14.2 Å². The summed E-state index contributed by atoms with van der Waals surface area (Å²) in [6, 6.07) is 19.0. The van der Waals surface area contributed by atoms with Gasteiger partial charge in [0.25, 0.3) is 5.56 Å². The molecule has 7 nitrogen and oxygen atoms in total. The van der Waals surface area contributed by atoms with Crippen LogP contribution >= 0.6 is 0 Å². The van der Waals surface area contributed by atoms with E-state index in [1.807, 2.05) is 49.4 Å². The topological polar surface area (TPSA) is 99.5 Å². The SMILES string of the molecule is COc1ccc(CCn2c(C)cc3c(c2=O)C(c2ccccc2OC)C(C#N)=C(N)O3)cc1. The van der Waals surface area contributed by atoms with E-state index in [-0.39, 0.29) is 17.0 Å². The monoisotopic (exact) mass is 443 g/mol. The van der Waals surface area contributed by atoms with E-state index < -0.39 is 5.92 Å². The quantitative estimate of drug-likeness (QED) is 0.625. The molecule has 7 heteroatoms. The van der Waals surface area contributed by atoms with Crippen molar-refractivity contribution in [2.24, 2.45) is 5.73 Å². The van der Waals surface area contributed by atoms with Crippen molar-refractivity contribution in [3.05, 3.63) is 98.8 Å². The van der Waals surface area contributed by atoms with E-state index in [4.69, 9.17) is 19.9 Å². The minimum Gasteiger partial charge on any atom is -0.497 e. The number of nitrogens with zero attached hydrogens (tertiary/aromatic N) is 2. The Morgan fingerprint density at radius 1 is 1.12 bits per heavy atom. The molecular formula is C26H25N3O4. The zero-order valence-electron chi connectivity index (χ0n) is 18.8. The van der Waals surface area contributed by atoms with Crippen LogP contribution in [0, 0.1) is 18.3 Å². The van der Waals surface area contributed by atoms with Crippen molar-refractivity contribution in [1.82, 2.24) is 4.57 Å². The number of hydrogen-bond acceptors (Lipinski definition) is 6. The van der Waals surface area contributed by atoms with E-state index in [0.29, 0.717) is 35.6 Å². The summed E-state index contributed by atoms with van der Waals surface area (Å²) in [5, 5.41) is 9.86. The maximum atomic E-state index is 13.8. The number of benzene rings is 2. The number of nitrogens with two attached hydrogens (primary N) is 1. The molecule has 0 fully saturated rings. The van der Waals surface area contributed by atoms with Crippen molar-refractivity contribution in [2.75, 3.05) is 14.2 Å². The summed E-state index contributed by atoms with van der Waals surface area (Å²) in [6.45, 7) is 2.33. The molecule has 3 aromatic rings. The van der Waals surface area contributed by atoms with Gasteiger partial charge in [-0.25, -0.2) is 0 Å². The standard InChI is InChI=1S/C26H25N3O4/c1-16-14-22-24(26(30)29(16)13-12-17-8-10-18(31-2)11-9-17)23(20(15-27)25(28)33-22)19-6-4-5-7-21(19)32-3/h4-11,14,23H,12-13,28H2,1-3H3. The average Bonchev–Trinajstić information content (AvgIpc) is 2.83. The average molecular weight is 444 g/mol. The van der Waals surface area contributed by atoms with Crippen LogP contribution in [0.2, 0.25) is 0 Å². The second kappa shape index (κ2) is 9.13. The van der Waals surface area contributed by atoms with E-state index in [9.17, 15) is 10.1 Å². The molecule has 1 aliphatic rings. The lowest BCUT2D eigenvalue weighted by Gasteiger charge is -2.28. The van der Waals surface area contributed by atoms with Gasteiger partial charge >= 0.3 is 0 Å². The highest BCUT2D eigenvalue weighted by Gasteiger charge is 2.35. The van der Waals surface area contributed by atoms with Crippen molar-refractivity contribution in [2.45, 2.75) is 25.8 Å². The number of aryl methyl sites for hydroxylation is 2. The van der Waals surface area contributed by atoms with Crippen LogP contribution in [-0.4, -0.2) is 18.8 Å². The second-order valence-electron chi connectivity index (χ2n) is 7.79. The lowest BCUT2D eigenvalue weighted by molar-refractivity contribution is 0.382. The fourth-order valence-electron chi connectivity index (χ4n) is 4.21. The Hall–Kier alpha value is -4.18. The molecule has 33 heavy (non-hydrogen) atoms. The van der Waals surface area contributed by atoms with E-state index in [2.05, 4.69) is 6.07 Å². The zero-order valence-corrected chi connectivity index (χ0v) is 18.8. The molecule has 0 saturated carbocycles.